The van der Waals surface area contributed by atoms with E-state index in [0.717, 1.165) is 11.1 Å². The fraction of sp³-hybridized carbons (Fsp3) is 0.238. The minimum atomic E-state index is -0.196. The van der Waals surface area contributed by atoms with Gasteiger partial charge < -0.3 is 14.8 Å². The lowest BCUT2D eigenvalue weighted by Gasteiger charge is -2.08. The first-order valence-corrected chi connectivity index (χ1v) is 9.33. The van der Waals surface area contributed by atoms with E-state index < -0.39 is 0 Å². The third-order valence-corrected chi connectivity index (χ3v) is 4.52. The number of hydrogen-bond donors (Lipinski definition) is 1. The second-order valence-corrected chi connectivity index (χ2v) is 6.59. The molecule has 3 aromatic rings. The predicted molar refractivity (Wildman–Crippen MR) is 105 cm³/mol. The summed E-state index contributed by atoms with van der Waals surface area (Å²) in [5, 5.41) is 7.25. The van der Waals surface area contributed by atoms with Gasteiger partial charge in [-0.15, -0.1) is 0 Å². The van der Waals surface area contributed by atoms with Gasteiger partial charge in [-0.25, -0.2) is 4.68 Å². The first-order chi connectivity index (χ1) is 14.2. The first kappa shape index (κ1) is 18.7. The summed E-state index contributed by atoms with van der Waals surface area (Å²) < 4.78 is 12.0. The molecule has 1 amide bonds. The monoisotopic (exact) mass is 392 g/mol. The van der Waals surface area contributed by atoms with Crippen molar-refractivity contribution in [1.29, 1.82) is 0 Å². The second-order valence-electron chi connectivity index (χ2n) is 6.59. The highest BCUT2D eigenvalue weighted by atomic mass is 16.7. The average Bonchev–Trinajstić information content (AvgIpc) is 3.22. The van der Waals surface area contributed by atoms with Crippen LogP contribution < -0.4 is 20.3 Å². The third-order valence-electron chi connectivity index (χ3n) is 4.52. The Balaban J connectivity index is 1.28. The van der Waals surface area contributed by atoms with Crippen molar-refractivity contribution >= 4 is 5.91 Å². The molecule has 3 heterocycles. The summed E-state index contributed by atoms with van der Waals surface area (Å²) in [6, 6.07) is 12.4. The van der Waals surface area contributed by atoms with Gasteiger partial charge in [0.2, 0.25) is 12.7 Å². The number of carbonyl (C=O) groups is 1. The molecule has 0 saturated heterocycles. The van der Waals surface area contributed by atoms with Crippen LogP contribution in [0.15, 0.2) is 59.7 Å². The standard InChI is InChI=1S/C21H20N4O4/c26-20(23-12-15-5-7-18-19(11-15)29-14-28-18)4-2-10-25-21(27)8-6-17(24-25)16-3-1-9-22-13-16/h1,3,5-9,11,13H,2,4,10,12,14H2,(H,23,26). The van der Waals surface area contributed by atoms with Gasteiger partial charge in [-0.2, -0.15) is 5.10 Å². The molecule has 1 N–H and O–H groups in total. The van der Waals surface area contributed by atoms with Crippen molar-refractivity contribution in [3.8, 4) is 22.8 Å². The largest absolute Gasteiger partial charge is 0.454 e. The number of hydrogen-bond acceptors (Lipinski definition) is 6. The van der Waals surface area contributed by atoms with E-state index >= 15 is 0 Å². The van der Waals surface area contributed by atoms with Crippen molar-refractivity contribution in [2.24, 2.45) is 0 Å². The maximum Gasteiger partial charge on any atom is 0.266 e. The van der Waals surface area contributed by atoms with Crippen LogP contribution in [0.2, 0.25) is 0 Å². The third kappa shape index (κ3) is 4.60. The number of fused-ring (bicyclic) bond motifs is 1. The van der Waals surface area contributed by atoms with Crippen LogP contribution in [0.4, 0.5) is 0 Å². The van der Waals surface area contributed by atoms with Crippen LogP contribution in [0, 0.1) is 0 Å². The molecular weight excluding hydrogens is 372 g/mol. The van der Waals surface area contributed by atoms with E-state index in [-0.39, 0.29) is 18.3 Å². The molecule has 0 fully saturated rings. The van der Waals surface area contributed by atoms with E-state index in [9.17, 15) is 9.59 Å². The molecule has 4 rings (SSSR count). The van der Waals surface area contributed by atoms with Crippen molar-refractivity contribution in [1.82, 2.24) is 20.1 Å². The first-order valence-electron chi connectivity index (χ1n) is 9.33. The molecule has 0 radical (unpaired) electrons. The number of ether oxygens (including phenoxy) is 2. The number of amides is 1. The summed E-state index contributed by atoms with van der Waals surface area (Å²) in [5.41, 5.74) is 2.25. The summed E-state index contributed by atoms with van der Waals surface area (Å²) in [4.78, 5) is 28.2. The molecule has 0 saturated carbocycles. The Bertz CT molecular complexity index is 1070. The molecule has 0 bridgehead atoms. The van der Waals surface area contributed by atoms with Gasteiger partial charge in [0.05, 0.1) is 5.69 Å². The molecule has 0 aliphatic carbocycles. The van der Waals surface area contributed by atoms with Crippen LogP contribution in [-0.2, 0) is 17.9 Å². The maximum absolute atomic E-state index is 12.1. The van der Waals surface area contributed by atoms with Gasteiger partial charge in [-0.05, 0) is 42.3 Å². The Morgan fingerprint density at radius 1 is 1.14 bits per heavy atom. The lowest BCUT2D eigenvalue weighted by atomic mass is 10.2. The molecule has 2 aromatic heterocycles. The van der Waals surface area contributed by atoms with Gasteiger partial charge in [0.15, 0.2) is 11.5 Å². The van der Waals surface area contributed by atoms with E-state index in [1.165, 1.54) is 10.7 Å². The Kier molecular flexibility index (Phi) is 5.51. The highest BCUT2D eigenvalue weighted by molar-refractivity contribution is 5.75. The quantitative estimate of drug-likeness (QED) is 0.662. The Morgan fingerprint density at radius 2 is 2.03 bits per heavy atom. The molecule has 0 unspecified atom stereocenters. The van der Waals surface area contributed by atoms with Gasteiger partial charge in [-0.3, -0.25) is 14.6 Å². The van der Waals surface area contributed by atoms with Crippen molar-refractivity contribution in [3.63, 3.8) is 0 Å². The summed E-state index contributed by atoms with van der Waals surface area (Å²) in [6.07, 6.45) is 4.19. The van der Waals surface area contributed by atoms with Gasteiger partial charge in [0, 0.05) is 43.5 Å². The molecule has 29 heavy (non-hydrogen) atoms. The number of aryl methyl sites for hydroxylation is 1. The lowest BCUT2D eigenvalue weighted by Crippen LogP contribution is -2.25. The molecule has 1 aliphatic rings. The maximum atomic E-state index is 12.1. The minimum Gasteiger partial charge on any atom is -0.454 e. The fourth-order valence-corrected chi connectivity index (χ4v) is 3.01. The zero-order chi connectivity index (χ0) is 20.1. The molecule has 1 aromatic carbocycles. The van der Waals surface area contributed by atoms with Gasteiger partial charge in [0.1, 0.15) is 0 Å². The molecule has 8 nitrogen and oxygen atoms in total. The van der Waals surface area contributed by atoms with Crippen LogP contribution in [0.5, 0.6) is 11.5 Å². The van der Waals surface area contributed by atoms with E-state index in [1.54, 1.807) is 18.5 Å². The number of nitrogens with zero attached hydrogens (tertiary/aromatic N) is 3. The summed E-state index contributed by atoms with van der Waals surface area (Å²) in [7, 11) is 0. The van der Waals surface area contributed by atoms with Crippen LogP contribution >= 0.6 is 0 Å². The van der Waals surface area contributed by atoms with Gasteiger partial charge >= 0.3 is 0 Å². The molecule has 1 aliphatic heterocycles. The van der Waals surface area contributed by atoms with Gasteiger partial charge in [0.25, 0.3) is 5.56 Å². The van der Waals surface area contributed by atoms with E-state index in [2.05, 4.69) is 15.4 Å². The number of pyridine rings is 1. The number of nitrogens with one attached hydrogen (secondary N) is 1. The molecule has 8 heteroatoms. The number of aromatic nitrogens is 3. The van der Waals surface area contributed by atoms with E-state index in [0.29, 0.717) is 43.1 Å². The zero-order valence-electron chi connectivity index (χ0n) is 15.7. The SMILES string of the molecule is O=C(CCCn1nc(-c2cccnc2)ccc1=O)NCc1ccc2c(c1)OCO2. The van der Waals surface area contributed by atoms with Crippen molar-refractivity contribution in [2.45, 2.75) is 25.9 Å². The zero-order valence-corrected chi connectivity index (χ0v) is 15.7. The molecule has 148 valence electrons. The van der Waals surface area contributed by atoms with Crippen molar-refractivity contribution < 1.29 is 14.3 Å². The number of benzene rings is 1. The van der Waals surface area contributed by atoms with Gasteiger partial charge in [-0.1, -0.05) is 6.07 Å². The highest BCUT2D eigenvalue weighted by Crippen LogP contribution is 2.32. The van der Waals surface area contributed by atoms with Crippen LogP contribution in [0.3, 0.4) is 0 Å². The topological polar surface area (TPSA) is 95.3 Å². The summed E-state index contributed by atoms with van der Waals surface area (Å²) in [5.74, 6) is 1.32. The summed E-state index contributed by atoms with van der Waals surface area (Å²) >= 11 is 0. The van der Waals surface area contributed by atoms with Crippen molar-refractivity contribution in [3.05, 3.63) is 70.8 Å². The molecular formula is C21H20N4O4. The number of carbonyl (C=O) groups excluding carboxylic acids is 1. The van der Waals surface area contributed by atoms with Crippen molar-refractivity contribution in [2.75, 3.05) is 6.79 Å². The minimum absolute atomic E-state index is 0.0841. The van der Waals surface area contributed by atoms with Crippen LogP contribution in [0.25, 0.3) is 11.3 Å². The van der Waals surface area contributed by atoms with Crippen LogP contribution in [0.1, 0.15) is 18.4 Å². The molecule has 0 atom stereocenters. The normalized spacial score (nSPS) is 12.0. The lowest BCUT2D eigenvalue weighted by molar-refractivity contribution is -0.121. The highest BCUT2D eigenvalue weighted by Gasteiger charge is 2.13. The van der Waals surface area contributed by atoms with E-state index in [4.69, 9.17) is 9.47 Å². The summed E-state index contributed by atoms with van der Waals surface area (Å²) in [6.45, 7) is 0.995. The predicted octanol–water partition coefficient (Wildman–Crippen LogP) is 2.13. The Hall–Kier alpha value is -3.68. The Morgan fingerprint density at radius 3 is 2.90 bits per heavy atom. The molecule has 0 spiro atoms. The van der Waals surface area contributed by atoms with Crippen LogP contribution in [-0.4, -0.2) is 27.5 Å². The second kappa shape index (κ2) is 8.55. The van der Waals surface area contributed by atoms with E-state index in [1.807, 2.05) is 30.3 Å². The average molecular weight is 392 g/mol. The smallest absolute Gasteiger partial charge is 0.266 e. The Labute approximate surface area is 167 Å². The fourth-order valence-electron chi connectivity index (χ4n) is 3.01. The number of rotatable bonds is 7.